The van der Waals surface area contributed by atoms with Crippen LogP contribution in [0.25, 0.3) is 28.4 Å². The number of methoxy groups -OCH3 is 1. The predicted octanol–water partition coefficient (Wildman–Crippen LogP) is 7.25. The molecule has 0 amide bonds. The van der Waals surface area contributed by atoms with Crippen molar-refractivity contribution >= 4 is 28.8 Å². The predicted molar refractivity (Wildman–Crippen MR) is 144 cm³/mol. The van der Waals surface area contributed by atoms with Gasteiger partial charge in [0.2, 0.25) is 5.78 Å². The molecule has 0 N–H and O–H groups in total. The van der Waals surface area contributed by atoms with E-state index in [0.717, 1.165) is 16.7 Å². The van der Waals surface area contributed by atoms with Gasteiger partial charge in [-0.25, -0.2) is 4.79 Å². The number of ether oxygens (including phenoxy) is 3. The highest BCUT2D eigenvalue weighted by Crippen LogP contribution is 2.38. The maximum Gasteiger partial charge on any atom is 0.348 e. The Morgan fingerprint density at radius 2 is 1.63 bits per heavy atom. The first-order valence-corrected chi connectivity index (χ1v) is 12.0. The molecule has 6 rings (SSSR count). The number of rotatable bonds is 5. The number of carbonyl (C=O) groups is 2. The third kappa shape index (κ3) is 4.12. The quantitative estimate of drug-likeness (QED) is 0.143. The second-order valence-corrected chi connectivity index (χ2v) is 8.88. The van der Waals surface area contributed by atoms with Gasteiger partial charge in [0.1, 0.15) is 34.2 Å². The van der Waals surface area contributed by atoms with E-state index in [9.17, 15) is 9.59 Å². The first kappa shape index (κ1) is 23.3. The van der Waals surface area contributed by atoms with E-state index >= 15 is 0 Å². The van der Waals surface area contributed by atoms with Crippen LogP contribution in [0.5, 0.6) is 17.2 Å². The number of fused-ring (bicyclic) bond motifs is 2. The number of allylic oxidation sites excluding steroid dienone is 1. The summed E-state index contributed by atoms with van der Waals surface area (Å²) in [6, 6.07) is 27.1. The van der Waals surface area contributed by atoms with Gasteiger partial charge in [-0.15, -0.1) is 0 Å². The van der Waals surface area contributed by atoms with Crippen LogP contribution in [0.4, 0.5) is 0 Å². The highest BCUT2D eigenvalue weighted by atomic mass is 16.5. The van der Waals surface area contributed by atoms with Crippen molar-refractivity contribution in [3.63, 3.8) is 0 Å². The van der Waals surface area contributed by atoms with Crippen LogP contribution in [-0.2, 0) is 0 Å². The van der Waals surface area contributed by atoms with Gasteiger partial charge in [0.15, 0.2) is 5.76 Å². The van der Waals surface area contributed by atoms with E-state index in [2.05, 4.69) is 0 Å². The van der Waals surface area contributed by atoms with Crippen LogP contribution in [0.15, 0.2) is 101 Å². The van der Waals surface area contributed by atoms with Crippen molar-refractivity contribution in [2.45, 2.75) is 6.92 Å². The van der Waals surface area contributed by atoms with Crippen molar-refractivity contribution in [2.75, 3.05) is 7.11 Å². The maximum atomic E-state index is 13.5. The fraction of sp³-hybridized carbons (Fsp3) is 0.0625. The van der Waals surface area contributed by atoms with Crippen LogP contribution in [0.2, 0.25) is 0 Å². The lowest BCUT2D eigenvalue weighted by Crippen LogP contribution is -2.09. The van der Waals surface area contributed by atoms with Crippen molar-refractivity contribution in [1.29, 1.82) is 0 Å². The van der Waals surface area contributed by atoms with Crippen LogP contribution in [0.1, 0.15) is 31.8 Å². The van der Waals surface area contributed by atoms with E-state index in [1.165, 1.54) is 0 Å². The Hall–Kier alpha value is -5.10. The highest BCUT2D eigenvalue weighted by molar-refractivity contribution is 6.15. The molecule has 0 saturated heterocycles. The third-order valence-electron chi connectivity index (χ3n) is 6.46. The van der Waals surface area contributed by atoms with Crippen molar-refractivity contribution < 1.29 is 28.2 Å². The highest BCUT2D eigenvalue weighted by Gasteiger charge is 2.29. The lowest BCUT2D eigenvalue weighted by atomic mass is 10.1. The molecule has 186 valence electrons. The number of esters is 1. The van der Waals surface area contributed by atoms with Crippen molar-refractivity contribution in [1.82, 2.24) is 0 Å². The van der Waals surface area contributed by atoms with Crippen LogP contribution in [0.3, 0.4) is 0 Å². The fourth-order valence-electron chi connectivity index (χ4n) is 4.48. The topological polar surface area (TPSA) is 75.0 Å². The summed E-state index contributed by atoms with van der Waals surface area (Å²) in [5.74, 6) is 0.963. The Balaban J connectivity index is 1.34. The lowest BCUT2D eigenvalue weighted by Gasteiger charge is -2.07. The van der Waals surface area contributed by atoms with Crippen molar-refractivity contribution in [2.24, 2.45) is 0 Å². The zero-order valence-electron chi connectivity index (χ0n) is 20.7. The summed E-state index contributed by atoms with van der Waals surface area (Å²) < 4.78 is 23.1. The Labute approximate surface area is 218 Å². The number of benzene rings is 4. The van der Waals surface area contributed by atoms with Gasteiger partial charge < -0.3 is 18.6 Å². The molecule has 1 aliphatic heterocycles. The SMILES string of the molecule is COc1ccc2oc(-c3ccccc3)c(C(=O)Oc3ccc4c(c3)OC(=Cc3ccccc3C)C4=O)c2c1. The number of aryl methyl sites for hydroxylation is 1. The fourth-order valence-corrected chi connectivity index (χ4v) is 4.48. The van der Waals surface area contributed by atoms with Gasteiger partial charge in [-0.1, -0.05) is 54.6 Å². The second kappa shape index (κ2) is 9.41. The summed E-state index contributed by atoms with van der Waals surface area (Å²) in [6.45, 7) is 1.97. The first-order valence-electron chi connectivity index (χ1n) is 12.0. The molecule has 4 aromatic carbocycles. The van der Waals surface area contributed by atoms with E-state index in [4.69, 9.17) is 18.6 Å². The van der Waals surface area contributed by atoms with E-state index < -0.39 is 5.97 Å². The molecule has 0 fully saturated rings. The average molecular weight is 503 g/mol. The van der Waals surface area contributed by atoms with Gasteiger partial charge in [-0.05, 0) is 54.5 Å². The Kier molecular flexibility index (Phi) is 5.77. The van der Waals surface area contributed by atoms with Gasteiger partial charge in [-0.3, -0.25) is 4.79 Å². The van der Waals surface area contributed by atoms with Crippen LogP contribution < -0.4 is 14.2 Å². The maximum absolute atomic E-state index is 13.5. The standard InChI is InChI=1S/C32H22O6/c1-19-8-6-7-11-21(19)16-28-30(33)24-14-12-23(18-27(24)37-28)36-32(34)29-25-17-22(35-2)13-15-26(25)38-31(29)20-9-4-3-5-10-20/h3-18H,1-2H3. The van der Waals surface area contributed by atoms with Crippen molar-refractivity contribution in [3.8, 4) is 28.6 Å². The lowest BCUT2D eigenvalue weighted by molar-refractivity contribution is 0.0736. The summed E-state index contributed by atoms with van der Waals surface area (Å²) in [5, 5.41) is 0.573. The van der Waals surface area contributed by atoms with Gasteiger partial charge in [0.25, 0.3) is 0 Å². The molecule has 0 saturated carbocycles. The minimum atomic E-state index is -0.601. The second-order valence-electron chi connectivity index (χ2n) is 8.88. The Morgan fingerprint density at radius 3 is 2.42 bits per heavy atom. The average Bonchev–Trinajstić information content (AvgIpc) is 3.47. The summed E-state index contributed by atoms with van der Waals surface area (Å²) in [4.78, 5) is 26.5. The Bertz CT molecular complexity index is 1740. The van der Waals surface area contributed by atoms with E-state index in [0.29, 0.717) is 33.8 Å². The minimum absolute atomic E-state index is 0.220. The number of ketones is 1. The molecule has 5 aromatic rings. The molecule has 0 unspecified atom stereocenters. The number of hydrogen-bond donors (Lipinski definition) is 0. The molecule has 6 heteroatoms. The van der Waals surface area contributed by atoms with E-state index in [1.807, 2.05) is 61.5 Å². The van der Waals surface area contributed by atoms with Gasteiger partial charge in [0, 0.05) is 17.0 Å². The largest absolute Gasteiger partial charge is 0.497 e. The summed E-state index contributed by atoms with van der Waals surface area (Å²) in [6.07, 6.45) is 1.72. The van der Waals surface area contributed by atoms with Crippen LogP contribution in [-0.4, -0.2) is 18.9 Å². The number of furan rings is 1. The first-order chi connectivity index (χ1) is 18.5. The smallest absolute Gasteiger partial charge is 0.348 e. The molecular weight excluding hydrogens is 480 g/mol. The number of hydrogen-bond acceptors (Lipinski definition) is 6. The summed E-state index contributed by atoms with van der Waals surface area (Å²) >= 11 is 0. The molecule has 2 heterocycles. The molecule has 0 atom stereocenters. The van der Waals surface area contributed by atoms with Crippen molar-refractivity contribution in [3.05, 3.63) is 119 Å². The minimum Gasteiger partial charge on any atom is -0.497 e. The third-order valence-corrected chi connectivity index (χ3v) is 6.46. The van der Waals surface area contributed by atoms with E-state index in [-0.39, 0.29) is 22.9 Å². The molecular formula is C32H22O6. The molecule has 1 aromatic heterocycles. The van der Waals surface area contributed by atoms with Crippen LogP contribution >= 0.6 is 0 Å². The van der Waals surface area contributed by atoms with Crippen LogP contribution in [0, 0.1) is 6.92 Å². The van der Waals surface area contributed by atoms with Gasteiger partial charge >= 0.3 is 5.97 Å². The zero-order valence-corrected chi connectivity index (χ0v) is 20.7. The Morgan fingerprint density at radius 1 is 0.868 bits per heavy atom. The molecule has 38 heavy (non-hydrogen) atoms. The number of Topliss-reactive ketones (excluding diaryl/α,β-unsaturated/α-hetero) is 1. The molecule has 0 spiro atoms. The summed E-state index contributed by atoms with van der Waals surface area (Å²) in [7, 11) is 1.56. The van der Waals surface area contributed by atoms with Gasteiger partial charge in [-0.2, -0.15) is 0 Å². The normalized spacial score (nSPS) is 13.4. The van der Waals surface area contributed by atoms with E-state index in [1.54, 1.807) is 49.6 Å². The molecule has 1 aliphatic rings. The summed E-state index contributed by atoms with van der Waals surface area (Å²) in [5.41, 5.74) is 3.89. The monoisotopic (exact) mass is 502 g/mol. The molecule has 6 nitrogen and oxygen atoms in total. The molecule has 0 radical (unpaired) electrons. The zero-order chi connectivity index (χ0) is 26.2. The number of carbonyl (C=O) groups excluding carboxylic acids is 2. The van der Waals surface area contributed by atoms with Gasteiger partial charge in [0.05, 0.1) is 12.7 Å². The molecule has 0 aliphatic carbocycles. The molecule has 0 bridgehead atoms.